The first kappa shape index (κ1) is 12.6. The number of carbonyl (C=O) groups is 2. The van der Waals surface area contributed by atoms with Crippen LogP contribution in [0.15, 0.2) is 60.7 Å². The van der Waals surface area contributed by atoms with Gasteiger partial charge in [0.2, 0.25) is 0 Å². The molecule has 4 heteroatoms. The van der Waals surface area contributed by atoms with Gasteiger partial charge >= 0.3 is 0 Å². The van der Waals surface area contributed by atoms with Crippen molar-refractivity contribution in [1.29, 1.82) is 0 Å². The maximum absolute atomic E-state index is 12.3. The van der Waals surface area contributed by atoms with Crippen LogP contribution in [0.4, 0.5) is 11.4 Å². The Bertz CT molecular complexity index is 917. The molecule has 1 heterocycles. The highest BCUT2D eigenvalue weighted by atomic mass is 16.2. The predicted molar refractivity (Wildman–Crippen MR) is 86.3 cm³/mol. The minimum absolute atomic E-state index is 0.105. The van der Waals surface area contributed by atoms with E-state index in [9.17, 15) is 9.59 Å². The van der Waals surface area contributed by atoms with Crippen LogP contribution in [0.3, 0.4) is 0 Å². The Hall–Kier alpha value is -3.14. The normalized spacial score (nSPS) is 12.3. The molecule has 2 amide bonds. The molecule has 0 saturated carbocycles. The zero-order valence-corrected chi connectivity index (χ0v) is 11.6. The van der Waals surface area contributed by atoms with Crippen LogP contribution in [0.2, 0.25) is 0 Å². The van der Waals surface area contributed by atoms with Crippen molar-refractivity contribution < 1.29 is 9.59 Å². The Labute approximate surface area is 126 Å². The van der Waals surface area contributed by atoms with Crippen molar-refractivity contribution in [2.24, 2.45) is 0 Å². The molecule has 4 rings (SSSR count). The minimum atomic E-state index is -0.168. The highest BCUT2D eigenvalue weighted by Gasteiger charge is 2.22. The van der Waals surface area contributed by atoms with Crippen molar-refractivity contribution in [3.8, 4) is 0 Å². The third kappa shape index (κ3) is 1.85. The van der Waals surface area contributed by atoms with Crippen LogP contribution in [0.1, 0.15) is 20.7 Å². The fourth-order valence-corrected chi connectivity index (χ4v) is 2.78. The van der Waals surface area contributed by atoms with Crippen LogP contribution in [0.25, 0.3) is 10.8 Å². The van der Waals surface area contributed by atoms with E-state index in [1.165, 1.54) is 0 Å². The molecule has 0 fully saturated rings. The fourth-order valence-electron chi connectivity index (χ4n) is 2.78. The quantitative estimate of drug-likeness (QED) is 0.756. The van der Waals surface area contributed by atoms with Crippen molar-refractivity contribution in [2.45, 2.75) is 0 Å². The van der Waals surface area contributed by atoms with Crippen LogP contribution in [0.5, 0.6) is 0 Å². The molecule has 2 N–H and O–H groups in total. The van der Waals surface area contributed by atoms with Gasteiger partial charge in [-0.3, -0.25) is 9.59 Å². The first-order chi connectivity index (χ1) is 10.7. The van der Waals surface area contributed by atoms with E-state index in [4.69, 9.17) is 0 Å². The standard InChI is InChI=1S/C18H12N2O2/c21-17(11-5-2-1-3-6-11)19-14-9-10-15-16-12(14)7-4-8-13(16)18(22)20-15/h1-10H,(H,19,21)(H,20,22). The molecule has 106 valence electrons. The number of hydrogen-bond donors (Lipinski definition) is 2. The van der Waals surface area contributed by atoms with E-state index in [-0.39, 0.29) is 11.8 Å². The summed E-state index contributed by atoms with van der Waals surface area (Å²) < 4.78 is 0. The predicted octanol–water partition coefficient (Wildman–Crippen LogP) is 3.66. The SMILES string of the molecule is O=C(Nc1ccc2c3c(cccc13)C(=O)N2)c1ccccc1. The third-order valence-electron chi connectivity index (χ3n) is 3.82. The molecule has 0 radical (unpaired) electrons. The first-order valence-electron chi connectivity index (χ1n) is 6.97. The van der Waals surface area contributed by atoms with Crippen LogP contribution in [-0.4, -0.2) is 11.8 Å². The van der Waals surface area contributed by atoms with Crippen molar-refractivity contribution >= 4 is 34.0 Å². The van der Waals surface area contributed by atoms with Gasteiger partial charge in [-0.2, -0.15) is 0 Å². The second-order valence-corrected chi connectivity index (χ2v) is 5.16. The van der Waals surface area contributed by atoms with Gasteiger partial charge < -0.3 is 10.6 Å². The molecule has 1 aliphatic heterocycles. The molecule has 0 spiro atoms. The van der Waals surface area contributed by atoms with Gasteiger partial charge in [0.1, 0.15) is 0 Å². The highest BCUT2D eigenvalue weighted by molar-refractivity contribution is 6.26. The Balaban J connectivity index is 1.80. The maximum atomic E-state index is 12.3. The van der Waals surface area contributed by atoms with E-state index in [1.807, 2.05) is 42.5 Å². The van der Waals surface area contributed by atoms with Crippen LogP contribution >= 0.6 is 0 Å². The second-order valence-electron chi connectivity index (χ2n) is 5.16. The summed E-state index contributed by atoms with van der Waals surface area (Å²) in [6, 6.07) is 18.2. The van der Waals surface area contributed by atoms with Gasteiger partial charge in [-0.05, 0) is 30.3 Å². The molecule has 0 aliphatic carbocycles. The molecular formula is C18H12N2O2. The van der Waals surface area contributed by atoms with E-state index >= 15 is 0 Å². The summed E-state index contributed by atoms with van der Waals surface area (Å²) in [4.78, 5) is 24.2. The average molecular weight is 288 g/mol. The molecule has 0 bridgehead atoms. The summed E-state index contributed by atoms with van der Waals surface area (Å²) in [6.07, 6.45) is 0. The average Bonchev–Trinajstić information content (AvgIpc) is 2.89. The van der Waals surface area contributed by atoms with Gasteiger partial charge in [-0.1, -0.05) is 30.3 Å². The second kappa shape index (κ2) is 4.70. The molecule has 3 aromatic carbocycles. The summed E-state index contributed by atoms with van der Waals surface area (Å²) >= 11 is 0. The number of amides is 2. The van der Waals surface area contributed by atoms with E-state index in [0.29, 0.717) is 16.8 Å². The highest BCUT2D eigenvalue weighted by Crippen LogP contribution is 2.37. The van der Waals surface area contributed by atoms with Crippen LogP contribution < -0.4 is 10.6 Å². The van der Waals surface area contributed by atoms with E-state index in [0.717, 1.165) is 16.5 Å². The smallest absolute Gasteiger partial charge is 0.256 e. The van der Waals surface area contributed by atoms with E-state index in [2.05, 4.69) is 10.6 Å². The molecule has 22 heavy (non-hydrogen) atoms. The van der Waals surface area contributed by atoms with Gasteiger partial charge in [-0.25, -0.2) is 0 Å². The van der Waals surface area contributed by atoms with Gasteiger partial charge in [0.05, 0.1) is 0 Å². The van der Waals surface area contributed by atoms with E-state index in [1.54, 1.807) is 18.2 Å². The number of rotatable bonds is 2. The molecule has 4 nitrogen and oxygen atoms in total. The van der Waals surface area contributed by atoms with Gasteiger partial charge in [0.25, 0.3) is 11.8 Å². The summed E-state index contributed by atoms with van der Waals surface area (Å²) in [6.45, 7) is 0. The maximum Gasteiger partial charge on any atom is 0.256 e. The Kier molecular flexibility index (Phi) is 2.69. The summed E-state index contributed by atoms with van der Waals surface area (Å²) in [7, 11) is 0. The topological polar surface area (TPSA) is 58.2 Å². The Morgan fingerprint density at radius 2 is 1.73 bits per heavy atom. The molecule has 0 saturated heterocycles. The van der Waals surface area contributed by atoms with Crippen molar-refractivity contribution in [1.82, 2.24) is 0 Å². The molecule has 3 aromatic rings. The zero-order chi connectivity index (χ0) is 15.1. The summed E-state index contributed by atoms with van der Waals surface area (Å²) in [5.41, 5.74) is 2.72. The van der Waals surface area contributed by atoms with Crippen LogP contribution in [-0.2, 0) is 0 Å². The fraction of sp³-hybridized carbons (Fsp3) is 0. The summed E-state index contributed by atoms with van der Waals surface area (Å²) in [5, 5.41) is 7.47. The lowest BCUT2D eigenvalue weighted by Crippen LogP contribution is -2.11. The van der Waals surface area contributed by atoms with Crippen molar-refractivity contribution in [3.05, 3.63) is 71.8 Å². The summed E-state index contributed by atoms with van der Waals surface area (Å²) in [5.74, 6) is -0.272. The lowest BCUT2D eigenvalue weighted by atomic mass is 10.0. The zero-order valence-electron chi connectivity index (χ0n) is 11.6. The number of anilines is 2. The molecule has 0 aromatic heterocycles. The van der Waals surface area contributed by atoms with Gasteiger partial charge in [0.15, 0.2) is 0 Å². The number of hydrogen-bond acceptors (Lipinski definition) is 2. The molecule has 1 aliphatic rings. The number of benzene rings is 3. The minimum Gasteiger partial charge on any atom is -0.321 e. The Morgan fingerprint density at radius 3 is 2.55 bits per heavy atom. The Morgan fingerprint density at radius 1 is 0.909 bits per heavy atom. The van der Waals surface area contributed by atoms with E-state index < -0.39 is 0 Å². The lowest BCUT2D eigenvalue weighted by Gasteiger charge is -2.09. The van der Waals surface area contributed by atoms with Gasteiger partial charge in [0, 0.05) is 33.3 Å². The van der Waals surface area contributed by atoms with Crippen molar-refractivity contribution in [2.75, 3.05) is 10.6 Å². The molecular weight excluding hydrogens is 276 g/mol. The number of carbonyl (C=O) groups excluding carboxylic acids is 2. The first-order valence-corrected chi connectivity index (χ1v) is 6.97. The van der Waals surface area contributed by atoms with Crippen LogP contribution in [0, 0.1) is 0 Å². The monoisotopic (exact) mass is 288 g/mol. The number of nitrogens with one attached hydrogen (secondary N) is 2. The molecule has 0 unspecified atom stereocenters. The van der Waals surface area contributed by atoms with Gasteiger partial charge in [-0.15, -0.1) is 0 Å². The van der Waals surface area contributed by atoms with Crippen molar-refractivity contribution in [3.63, 3.8) is 0 Å². The lowest BCUT2D eigenvalue weighted by molar-refractivity contribution is 0.102. The largest absolute Gasteiger partial charge is 0.321 e. The molecule has 0 atom stereocenters. The third-order valence-corrected chi connectivity index (χ3v) is 3.82.